The van der Waals surface area contributed by atoms with E-state index in [1.54, 1.807) is 90.1 Å². The molecular formula is C37H54F2N4O7. The number of alkyl carbamates (subject to hydrolysis) is 2. The van der Waals surface area contributed by atoms with Gasteiger partial charge < -0.3 is 35.8 Å². The zero-order valence-electron chi connectivity index (χ0n) is 30.2. The highest BCUT2D eigenvalue weighted by atomic mass is 19.3. The largest absolute Gasteiger partial charge is 0.445 e. The number of alkyl halides is 2. The molecule has 0 heterocycles. The molecular weight excluding hydrogens is 650 g/mol. The van der Waals surface area contributed by atoms with Gasteiger partial charge in [0.2, 0.25) is 11.8 Å². The molecule has 2 aromatic rings. The van der Waals surface area contributed by atoms with Crippen LogP contribution in [0.5, 0.6) is 0 Å². The van der Waals surface area contributed by atoms with E-state index in [1.165, 1.54) is 13.8 Å². The van der Waals surface area contributed by atoms with Crippen LogP contribution in [0.15, 0.2) is 60.7 Å². The molecule has 0 aliphatic heterocycles. The number of benzene rings is 2. The van der Waals surface area contributed by atoms with Gasteiger partial charge in [-0.2, -0.15) is 0 Å². The fraction of sp³-hybridized carbons (Fsp3) is 0.568. The van der Waals surface area contributed by atoms with E-state index in [2.05, 4.69) is 21.3 Å². The first-order chi connectivity index (χ1) is 23.4. The Morgan fingerprint density at radius 1 is 0.640 bits per heavy atom. The topological polar surface area (TPSA) is 155 Å². The van der Waals surface area contributed by atoms with Crippen LogP contribution in [0.1, 0.15) is 72.9 Å². The van der Waals surface area contributed by atoms with Gasteiger partial charge in [-0.25, -0.2) is 18.4 Å². The van der Waals surface area contributed by atoms with Crippen molar-refractivity contribution in [3.63, 3.8) is 0 Å². The standard InChI is InChI=1S/C37H54F2N4O7/c1-22(2)19-28(40-33(45)29(23(3)4)41-35(47)49-20-26-15-11-9-12-16-26)32(44)37(38,39)31(25(7)8)43-34(46)30(24(5)6)42-36(48)50-21-27-17-13-10-14-18-27/h9-18,22-25,28-32,44H,19-21H2,1-8H3,(H,40,45)(H,41,47)(H,42,48)(H,43,46)/t28?,29-,30-,31?,32?/m0/s1. The summed E-state index contributed by atoms with van der Waals surface area (Å²) >= 11 is 0. The molecule has 0 aromatic heterocycles. The second-order valence-corrected chi connectivity index (χ2v) is 13.9. The molecule has 0 radical (unpaired) electrons. The van der Waals surface area contributed by atoms with Crippen molar-refractivity contribution in [2.75, 3.05) is 0 Å². The summed E-state index contributed by atoms with van der Waals surface area (Å²) in [5, 5.41) is 21.1. The van der Waals surface area contributed by atoms with Crippen LogP contribution in [0.2, 0.25) is 0 Å². The summed E-state index contributed by atoms with van der Waals surface area (Å²) in [6.07, 6.45) is -4.23. The van der Waals surface area contributed by atoms with Crippen LogP contribution in [0.4, 0.5) is 18.4 Å². The van der Waals surface area contributed by atoms with Gasteiger partial charge in [-0.15, -0.1) is 0 Å². The fourth-order valence-electron chi connectivity index (χ4n) is 5.30. The average molecular weight is 705 g/mol. The van der Waals surface area contributed by atoms with Crippen molar-refractivity contribution in [2.45, 2.75) is 111 Å². The molecule has 0 saturated carbocycles. The number of hydrogen-bond donors (Lipinski definition) is 5. The van der Waals surface area contributed by atoms with Gasteiger partial charge in [-0.05, 0) is 41.2 Å². The molecule has 13 heteroatoms. The first kappa shape index (κ1) is 41.9. The van der Waals surface area contributed by atoms with Gasteiger partial charge in [0.1, 0.15) is 31.4 Å². The van der Waals surface area contributed by atoms with E-state index in [-0.39, 0.29) is 25.6 Å². The van der Waals surface area contributed by atoms with Gasteiger partial charge in [0.25, 0.3) is 5.92 Å². The average Bonchev–Trinajstić information content (AvgIpc) is 3.05. The third kappa shape index (κ3) is 13.2. The van der Waals surface area contributed by atoms with Crippen LogP contribution in [0.3, 0.4) is 0 Å². The number of carbonyl (C=O) groups excluding carboxylic acids is 4. The lowest BCUT2D eigenvalue weighted by Crippen LogP contribution is -2.65. The van der Waals surface area contributed by atoms with Crippen LogP contribution >= 0.6 is 0 Å². The summed E-state index contributed by atoms with van der Waals surface area (Å²) in [5.41, 5.74) is 1.46. The summed E-state index contributed by atoms with van der Waals surface area (Å²) in [6, 6.07) is 12.1. The lowest BCUT2D eigenvalue weighted by Gasteiger charge is -2.39. The van der Waals surface area contributed by atoms with E-state index in [0.29, 0.717) is 0 Å². The van der Waals surface area contributed by atoms with Gasteiger partial charge in [-0.3, -0.25) is 9.59 Å². The summed E-state index contributed by atoms with van der Waals surface area (Å²) in [7, 11) is 0. The molecule has 5 atom stereocenters. The number of ether oxygens (including phenoxy) is 2. The number of aliphatic hydroxyl groups is 1. The first-order valence-electron chi connectivity index (χ1n) is 17.0. The third-order valence-electron chi connectivity index (χ3n) is 8.08. The smallest absolute Gasteiger partial charge is 0.408 e. The molecule has 0 aliphatic rings. The highest BCUT2D eigenvalue weighted by molar-refractivity contribution is 5.87. The molecule has 4 amide bonds. The molecule has 50 heavy (non-hydrogen) atoms. The third-order valence-corrected chi connectivity index (χ3v) is 8.08. The Hall–Kier alpha value is -4.26. The lowest BCUT2D eigenvalue weighted by atomic mass is 9.87. The van der Waals surface area contributed by atoms with Crippen LogP contribution in [0, 0.1) is 23.7 Å². The predicted octanol–water partition coefficient (Wildman–Crippen LogP) is 5.56. The van der Waals surface area contributed by atoms with E-state index in [0.717, 1.165) is 11.1 Å². The van der Waals surface area contributed by atoms with Crippen molar-refractivity contribution in [1.82, 2.24) is 21.3 Å². The number of aliphatic hydroxyl groups excluding tert-OH is 1. The van der Waals surface area contributed by atoms with Gasteiger partial charge in [-0.1, -0.05) is 116 Å². The Bertz CT molecular complexity index is 1360. The molecule has 278 valence electrons. The van der Waals surface area contributed by atoms with Crippen molar-refractivity contribution in [3.8, 4) is 0 Å². The van der Waals surface area contributed by atoms with Gasteiger partial charge >= 0.3 is 12.2 Å². The lowest BCUT2D eigenvalue weighted by molar-refractivity contribution is -0.161. The molecule has 2 rings (SSSR count). The Morgan fingerprint density at radius 2 is 1.04 bits per heavy atom. The summed E-state index contributed by atoms with van der Waals surface area (Å²) < 4.78 is 43.1. The maximum atomic E-state index is 16.3. The van der Waals surface area contributed by atoms with E-state index in [9.17, 15) is 24.3 Å². The second-order valence-electron chi connectivity index (χ2n) is 13.9. The van der Waals surface area contributed by atoms with E-state index < -0.39 is 77.9 Å². The van der Waals surface area contributed by atoms with Crippen molar-refractivity contribution < 1.29 is 42.5 Å². The summed E-state index contributed by atoms with van der Waals surface area (Å²) in [4.78, 5) is 52.0. The maximum absolute atomic E-state index is 16.3. The zero-order chi connectivity index (χ0) is 37.6. The normalized spacial score (nSPS) is 14.8. The van der Waals surface area contributed by atoms with Gasteiger partial charge in [0.15, 0.2) is 0 Å². The fourth-order valence-corrected chi connectivity index (χ4v) is 5.30. The molecule has 0 aliphatic carbocycles. The molecule has 5 N–H and O–H groups in total. The van der Waals surface area contributed by atoms with Crippen molar-refractivity contribution >= 4 is 24.0 Å². The second kappa shape index (κ2) is 19.8. The number of hydrogen-bond acceptors (Lipinski definition) is 7. The highest BCUT2D eigenvalue weighted by Crippen LogP contribution is 2.32. The highest BCUT2D eigenvalue weighted by Gasteiger charge is 2.52. The summed E-state index contributed by atoms with van der Waals surface area (Å²) in [6.45, 7) is 13.0. The molecule has 0 bridgehead atoms. The zero-order valence-corrected chi connectivity index (χ0v) is 30.2. The number of amides is 4. The minimum Gasteiger partial charge on any atom is -0.445 e. The van der Waals surface area contributed by atoms with Crippen LogP contribution < -0.4 is 21.3 Å². The number of rotatable bonds is 18. The van der Waals surface area contributed by atoms with Crippen molar-refractivity contribution in [2.24, 2.45) is 23.7 Å². The monoisotopic (exact) mass is 704 g/mol. The van der Waals surface area contributed by atoms with E-state index >= 15 is 8.78 Å². The minimum atomic E-state index is -3.94. The van der Waals surface area contributed by atoms with Crippen LogP contribution in [-0.4, -0.2) is 65.3 Å². The first-order valence-corrected chi connectivity index (χ1v) is 17.0. The van der Waals surface area contributed by atoms with Crippen molar-refractivity contribution in [1.29, 1.82) is 0 Å². The van der Waals surface area contributed by atoms with Crippen molar-refractivity contribution in [3.05, 3.63) is 71.8 Å². The quantitative estimate of drug-likeness (QED) is 0.136. The molecule has 2 aromatic carbocycles. The van der Waals surface area contributed by atoms with Gasteiger partial charge in [0.05, 0.1) is 12.1 Å². The van der Waals surface area contributed by atoms with Gasteiger partial charge in [0, 0.05) is 0 Å². The van der Waals surface area contributed by atoms with E-state index in [4.69, 9.17) is 9.47 Å². The summed E-state index contributed by atoms with van der Waals surface area (Å²) in [5.74, 6) is -7.67. The minimum absolute atomic E-state index is 0.0338. The van der Waals surface area contributed by atoms with E-state index in [1.807, 2.05) is 12.1 Å². The van der Waals surface area contributed by atoms with Crippen LogP contribution in [-0.2, 0) is 32.3 Å². The molecule has 0 saturated heterocycles. The number of halogens is 2. The Morgan fingerprint density at radius 3 is 1.40 bits per heavy atom. The van der Waals surface area contributed by atoms with Crippen LogP contribution in [0.25, 0.3) is 0 Å². The Kier molecular flexibility index (Phi) is 16.6. The Labute approximate surface area is 294 Å². The maximum Gasteiger partial charge on any atom is 0.408 e. The molecule has 0 fully saturated rings. The molecule has 3 unspecified atom stereocenters. The molecule has 0 spiro atoms. The number of nitrogens with one attached hydrogen (secondary N) is 4. The number of carbonyl (C=O) groups is 4. The Balaban J connectivity index is 2.18. The predicted molar refractivity (Wildman–Crippen MR) is 186 cm³/mol. The molecule has 11 nitrogen and oxygen atoms in total. The SMILES string of the molecule is CC(C)CC(NC(=O)[C@@H](NC(=O)OCc1ccccc1)C(C)C)C(O)C(F)(F)C(NC(=O)[C@@H](NC(=O)OCc1ccccc1)C(C)C)C(C)C.